The number of nitrogens with zero attached hydrogens (tertiary/aromatic N) is 2. The highest BCUT2D eigenvalue weighted by atomic mass is 19.1. The maximum absolute atomic E-state index is 12.8. The summed E-state index contributed by atoms with van der Waals surface area (Å²) in [7, 11) is 0. The van der Waals surface area contributed by atoms with Gasteiger partial charge < -0.3 is 4.74 Å². The van der Waals surface area contributed by atoms with Crippen LogP contribution < -0.4 is 0 Å². The Labute approximate surface area is 103 Å². The average molecular weight is 246 g/mol. The number of aromatic nitrogens is 2. The highest BCUT2D eigenvalue weighted by Crippen LogP contribution is 2.04. The monoisotopic (exact) mass is 246 g/mol. The SMILES string of the molecule is O=C(Cc1cccnc1)OCc1cncc(F)c1. The van der Waals surface area contributed by atoms with Crippen LogP contribution in [0.25, 0.3) is 0 Å². The maximum atomic E-state index is 12.8. The molecule has 0 fully saturated rings. The zero-order chi connectivity index (χ0) is 12.8. The van der Waals surface area contributed by atoms with Gasteiger partial charge in [0.1, 0.15) is 12.4 Å². The van der Waals surface area contributed by atoms with E-state index in [2.05, 4.69) is 9.97 Å². The first kappa shape index (κ1) is 12.2. The summed E-state index contributed by atoms with van der Waals surface area (Å²) in [5, 5.41) is 0. The molecule has 0 aliphatic rings. The van der Waals surface area contributed by atoms with Crippen molar-refractivity contribution >= 4 is 5.97 Å². The molecule has 0 N–H and O–H groups in total. The highest BCUT2D eigenvalue weighted by Gasteiger charge is 2.05. The lowest BCUT2D eigenvalue weighted by atomic mass is 10.2. The van der Waals surface area contributed by atoms with E-state index in [1.54, 1.807) is 24.5 Å². The molecule has 0 aliphatic carbocycles. The fourth-order valence-corrected chi connectivity index (χ4v) is 1.42. The Kier molecular flexibility index (Phi) is 3.96. The van der Waals surface area contributed by atoms with E-state index < -0.39 is 5.82 Å². The van der Waals surface area contributed by atoms with E-state index in [1.807, 2.05) is 0 Å². The van der Waals surface area contributed by atoms with Crippen molar-refractivity contribution in [2.75, 3.05) is 0 Å². The van der Waals surface area contributed by atoms with Gasteiger partial charge in [0, 0.05) is 24.2 Å². The maximum Gasteiger partial charge on any atom is 0.310 e. The number of ether oxygens (including phenoxy) is 1. The van der Waals surface area contributed by atoms with Crippen molar-refractivity contribution in [2.45, 2.75) is 13.0 Å². The molecule has 2 rings (SSSR count). The lowest BCUT2D eigenvalue weighted by Crippen LogP contribution is -2.08. The average Bonchev–Trinajstić information content (AvgIpc) is 2.38. The smallest absolute Gasteiger partial charge is 0.310 e. The first-order chi connectivity index (χ1) is 8.74. The van der Waals surface area contributed by atoms with Crippen LogP contribution in [0.2, 0.25) is 0 Å². The van der Waals surface area contributed by atoms with Gasteiger partial charge in [0.15, 0.2) is 0 Å². The van der Waals surface area contributed by atoms with Crippen LogP contribution in [0.5, 0.6) is 0 Å². The Hall–Kier alpha value is -2.30. The third-order valence-electron chi connectivity index (χ3n) is 2.23. The molecule has 2 heterocycles. The normalized spacial score (nSPS) is 10.1. The first-order valence-electron chi connectivity index (χ1n) is 5.38. The number of carbonyl (C=O) groups excluding carboxylic acids is 1. The van der Waals surface area contributed by atoms with Gasteiger partial charge in [-0.2, -0.15) is 0 Å². The van der Waals surface area contributed by atoms with Gasteiger partial charge in [-0.15, -0.1) is 0 Å². The summed E-state index contributed by atoms with van der Waals surface area (Å²) in [4.78, 5) is 19.1. The Morgan fingerprint density at radius 3 is 2.78 bits per heavy atom. The van der Waals surface area contributed by atoms with Gasteiger partial charge in [-0.05, 0) is 17.7 Å². The molecule has 92 valence electrons. The molecule has 0 spiro atoms. The van der Waals surface area contributed by atoms with Crippen LogP contribution in [0, 0.1) is 5.82 Å². The van der Waals surface area contributed by atoms with Crippen molar-refractivity contribution in [3.8, 4) is 0 Å². The number of esters is 1. The van der Waals surface area contributed by atoms with Crippen molar-refractivity contribution < 1.29 is 13.9 Å². The summed E-state index contributed by atoms with van der Waals surface area (Å²) in [5.74, 6) is -0.830. The molecule has 2 aromatic heterocycles. The quantitative estimate of drug-likeness (QED) is 0.773. The predicted octanol–water partition coefficient (Wildman–Crippen LogP) is 1.90. The van der Waals surface area contributed by atoms with Gasteiger partial charge in [-0.3, -0.25) is 14.8 Å². The lowest BCUT2D eigenvalue weighted by molar-refractivity contribution is -0.144. The third kappa shape index (κ3) is 3.62. The van der Waals surface area contributed by atoms with Gasteiger partial charge in [0.05, 0.1) is 12.6 Å². The van der Waals surface area contributed by atoms with Crippen LogP contribution in [-0.4, -0.2) is 15.9 Å². The summed E-state index contributed by atoms with van der Waals surface area (Å²) < 4.78 is 17.8. The van der Waals surface area contributed by atoms with Crippen LogP contribution in [0.1, 0.15) is 11.1 Å². The van der Waals surface area contributed by atoms with Crippen molar-refractivity contribution in [1.29, 1.82) is 0 Å². The van der Waals surface area contributed by atoms with E-state index in [4.69, 9.17) is 4.74 Å². The van der Waals surface area contributed by atoms with E-state index in [-0.39, 0.29) is 19.0 Å². The Balaban J connectivity index is 1.85. The number of rotatable bonds is 4. The predicted molar refractivity (Wildman–Crippen MR) is 61.9 cm³/mol. The zero-order valence-corrected chi connectivity index (χ0v) is 9.54. The second-order valence-corrected chi connectivity index (χ2v) is 3.71. The van der Waals surface area contributed by atoms with Crippen LogP contribution >= 0.6 is 0 Å². The Morgan fingerprint density at radius 1 is 1.22 bits per heavy atom. The largest absolute Gasteiger partial charge is 0.460 e. The molecule has 0 saturated carbocycles. The second-order valence-electron chi connectivity index (χ2n) is 3.71. The van der Waals surface area contributed by atoms with Gasteiger partial charge in [-0.25, -0.2) is 4.39 Å². The first-order valence-corrected chi connectivity index (χ1v) is 5.38. The van der Waals surface area contributed by atoms with E-state index >= 15 is 0 Å². The van der Waals surface area contributed by atoms with E-state index in [1.165, 1.54) is 12.3 Å². The molecule has 0 amide bonds. The molecule has 2 aromatic rings. The fraction of sp³-hybridized carbons (Fsp3) is 0.154. The minimum atomic E-state index is -0.448. The second kappa shape index (κ2) is 5.86. The lowest BCUT2D eigenvalue weighted by Gasteiger charge is -2.04. The molecule has 0 saturated heterocycles. The number of pyridine rings is 2. The molecule has 18 heavy (non-hydrogen) atoms. The highest BCUT2D eigenvalue weighted by molar-refractivity contribution is 5.72. The van der Waals surface area contributed by atoms with Crippen LogP contribution in [0.15, 0.2) is 43.0 Å². The number of halogens is 1. The number of carbonyl (C=O) groups is 1. The van der Waals surface area contributed by atoms with Crippen LogP contribution in [0.3, 0.4) is 0 Å². The molecule has 0 bridgehead atoms. The van der Waals surface area contributed by atoms with E-state index in [0.29, 0.717) is 5.56 Å². The van der Waals surface area contributed by atoms with Crippen molar-refractivity contribution in [3.63, 3.8) is 0 Å². The third-order valence-corrected chi connectivity index (χ3v) is 2.23. The van der Waals surface area contributed by atoms with Gasteiger partial charge in [0.25, 0.3) is 0 Å². The molecule has 0 aliphatic heterocycles. The minimum Gasteiger partial charge on any atom is -0.460 e. The minimum absolute atomic E-state index is 0.0177. The summed E-state index contributed by atoms with van der Waals surface area (Å²) in [6.07, 6.45) is 5.94. The molecule has 0 unspecified atom stereocenters. The van der Waals surface area contributed by atoms with Gasteiger partial charge >= 0.3 is 5.97 Å². The number of hydrogen-bond donors (Lipinski definition) is 0. The zero-order valence-electron chi connectivity index (χ0n) is 9.54. The molecule has 0 radical (unpaired) electrons. The summed E-state index contributed by atoms with van der Waals surface area (Å²) in [6, 6.07) is 4.82. The van der Waals surface area contributed by atoms with Crippen molar-refractivity contribution in [2.24, 2.45) is 0 Å². The van der Waals surface area contributed by atoms with E-state index in [0.717, 1.165) is 11.8 Å². The van der Waals surface area contributed by atoms with Crippen LogP contribution in [0.4, 0.5) is 4.39 Å². The fourth-order valence-electron chi connectivity index (χ4n) is 1.42. The summed E-state index contributed by atoms with van der Waals surface area (Å²) in [5.41, 5.74) is 1.30. The Bertz CT molecular complexity index is 532. The van der Waals surface area contributed by atoms with Crippen LogP contribution in [-0.2, 0) is 22.6 Å². The molecular weight excluding hydrogens is 235 g/mol. The van der Waals surface area contributed by atoms with Gasteiger partial charge in [-0.1, -0.05) is 6.07 Å². The molecular formula is C13H11FN2O2. The van der Waals surface area contributed by atoms with Gasteiger partial charge in [0.2, 0.25) is 0 Å². The van der Waals surface area contributed by atoms with Crippen molar-refractivity contribution in [3.05, 3.63) is 59.9 Å². The summed E-state index contributed by atoms with van der Waals surface area (Å²) >= 11 is 0. The summed E-state index contributed by atoms with van der Waals surface area (Å²) in [6.45, 7) is 0.0177. The molecule has 5 heteroatoms. The molecule has 0 atom stereocenters. The number of hydrogen-bond acceptors (Lipinski definition) is 4. The Morgan fingerprint density at radius 2 is 2.06 bits per heavy atom. The standard InChI is InChI=1S/C13H11FN2O2/c14-12-4-11(7-16-8-12)9-18-13(17)5-10-2-1-3-15-6-10/h1-4,6-8H,5,9H2. The topological polar surface area (TPSA) is 52.1 Å². The molecule has 4 nitrogen and oxygen atoms in total. The van der Waals surface area contributed by atoms with E-state index in [9.17, 15) is 9.18 Å². The molecule has 0 aromatic carbocycles. The van der Waals surface area contributed by atoms with Crippen molar-refractivity contribution in [1.82, 2.24) is 9.97 Å².